The first-order valence-electron chi connectivity index (χ1n) is 8.92. The van der Waals surface area contributed by atoms with Crippen LogP contribution in [0.5, 0.6) is 0 Å². The number of nitrogens with zero attached hydrogens (tertiary/aromatic N) is 2. The Morgan fingerprint density at radius 1 is 1.00 bits per heavy atom. The topological polar surface area (TPSA) is 85.1 Å². The largest absolute Gasteiger partial charge is 0.421 e. The van der Waals surface area contributed by atoms with Crippen molar-refractivity contribution < 1.29 is 12.8 Å². The molecule has 0 unspecified atom stereocenters. The fraction of sp³-hybridized carbons (Fsp3) is 0.300. The Labute approximate surface area is 159 Å². The number of aryl methyl sites for hydroxylation is 2. The molecule has 0 saturated heterocycles. The van der Waals surface area contributed by atoms with E-state index in [1.807, 2.05) is 61.5 Å². The molecule has 1 heterocycles. The van der Waals surface area contributed by atoms with Gasteiger partial charge in [-0.05, 0) is 37.5 Å². The molecule has 1 N–H and O–H groups in total. The first kappa shape index (κ1) is 19.3. The summed E-state index contributed by atoms with van der Waals surface area (Å²) >= 11 is 0. The molecule has 3 rings (SSSR count). The molecular formula is C20H23N3O3S. The van der Waals surface area contributed by atoms with Crippen molar-refractivity contribution in [3.05, 3.63) is 71.6 Å². The minimum atomic E-state index is -3.31. The molecule has 0 bridgehead atoms. The molecule has 0 amide bonds. The first-order chi connectivity index (χ1) is 13.0. The molecule has 0 radical (unpaired) electrons. The van der Waals surface area contributed by atoms with E-state index < -0.39 is 10.0 Å². The predicted molar refractivity (Wildman–Crippen MR) is 105 cm³/mol. The summed E-state index contributed by atoms with van der Waals surface area (Å²) in [6, 6.07) is 17.7. The van der Waals surface area contributed by atoms with Gasteiger partial charge in [0.25, 0.3) is 0 Å². The van der Waals surface area contributed by atoms with Crippen molar-refractivity contribution in [2.75, 3.05) is 12.3 Å². The van der Waals surface area contributed by atoms with Gasteiger partial charge >= 0.3 is 0 Å². The molecule has 1 aromatic heterocycles. The molecule has 6 nitrogen and oxygen atoms in total. The molecule has 0 saturated carbocycles. The fourth-order valence-electron chi connectivity index (χ4n) is 2.75. The lowest BCUT2D eigenvalue weighted by Crippen LogP contribution is -2.28. The summed E-state index contributed by atoms with van der Waals surface area (Å²) in [6.07, 6.45) is 1.68. The van der Waals surface area contributed by atoms with Gasteiger partial charge in [0, 0.05) is 18.5 Å². The third-order valence-electron chi connectivity index (χ3n) is 4.11. The summed E-state index contributed by atoms with van der Waals surface area (Å²) in [5.74, 6) is 0.957. The second kappa shape index (κ2) is 8.92. The quantitative estimate of drug-likeness (QED) is 0.612. The number of hydrogen-bond donors (Lipinski definition) is 1. The number of benzene rings is 2. The van der Waals surface area contributed by atoms with Crippen LogP contribution in [-0.2, 0) is 22.9 Å². The van der Waals surface area contributed by atoms with Crippen LogP contribution in [0.25, 0.3) is 11.5 Å². The van der Waals surface area contributed by atoms with Crippen LogP contribution >= 0.6 is 0 Å². The number of sulfonamides is 1. The van der Waals surface area contributed by atoms with Crippen LogP contribution in [-0.4, -0.2) is 30.9 Å². The van der Waals surface area contributed by atoms with Crippen LogP contribution in [0.2, 0.25) is 0 Å². The number of hydrogen-bond acceptors (Lipinski definition) is 5. The molecule has 7 heteroatoms. The van der Waals surface area contributed by atoms with Crippen LogP contribution in [0, 0.1) is 6.92 Å². The van der Waals surface area contributed by atoms with E-state index >= 15 is 0 Å². The third kappa shape index (κ3) is 6.01. The highest BCUT2D eigenvalue weighted by molar-refractivity contribution is 7.89. The van der Waals surface area contributed by atoms with Crippen molar-refractivity contribution in [3.8, 4) is 11.5 Å². The molecule has 0 spiro atoms. The number of nitrogens with one attached hydrogen (secondary N) is 1. The lowest BCUT2D eigenvalue weighted by Gasteiger charge is -2.05. The zero-order chi connectivity index (χ0) is 19.1. The summed E-state index contributed by atoms with van der Waals surface area (Å²) in [6.45, 7) is 2.23. The van der Waals surface area contributed by atoms with E-state index in [-0.39, 0.29) is 12.3 Å². The monoisotopic (exact) mass is 385 g/mol. The molecule has 0 aliphatic rings. The molecule has 0 atom stereocenters. The summed E-state index contributed by atoms with van der Waals surface area (Å²) in [5.41, 5.74) is 3.10. The maximum atomic E-state index is 12.1. The molecule has 2 aromatic carbocycles. The lowest BCUT2D eigenvalue weighted by atomic mass is 10.1. The van der Waals surface area contributed by atoms with Crippen molar-refractivity contribution >= 4 is 10.0 Å². The zero-order valence-corrected chi connectivity index (χ0v) is 16.1. The summed E-state index contributed by atoms with van der Waals surface area (Å²) in [5, 5.41) is 8.02. The maximum Gasteiger partial charge on any atom is 0.247 e. The molecule has 27 heavy (non-hydrogen) atoms. The van der Waals surface area contributed by atoms with E-state index in [9.17, 15) is 8.42 Å². The highest BCUT2D eigenvalue weighted by Gasteiger charge is 2.12. The second-order valence-electron chi connectivity index (χ2n) is 6.42. The average molecular weight is 385 g/mol. The van der Waals surface area contributed by atoms with Gasteiger partial charge in [0.1, 0.15) is 0 Å². The van der Waals surface area contributed by atoms with Crippen molar-refractivity contribution in [1.82, 2.24) is 14.9 Å². The van der Waals surface area contributed by atoms with E-state index in [0.29, 0.717) is 24.6 Å². The molecule has 3 aromatic rings. The van der Waals surface area contributed by atoms with Crippen molar-refractivity contribution in [3.63, 3.8) is 0 Å². The van der Waals surface area contributed by atoms with E-state index in [1.165, 1.54) is 0 Å². The first-order valence-corrected chi connectivity index (χ1v) is 10.6. The predicted octanol–water partition coefficient (Wildman–Crippen LogP) is 3.14. The minimum absolute atomic E-state index is 0.0975. The van der Waals surface area contributed by atoms with Crippen molar-refractivity contribution in [2.24, 2.45) is 0 Å². The third-order valence-corrected chi connectivity index (χ3v) is 5.58. The molecular weight excluding hydrogens is 362 g/mol. The van der Waals surface area contributed by atoms with E-state index in [0.717, 1.165) is 23.1 Å². The Morgan fingerprint density at radius 2 is 1.81 bits per heavy atom. The summed E-state index contributed by atoms with van der Waals surface area (Å²) in [7, 11) is -3.31. The van der Waals surface area contributed by atoms with Gasteiger partial charge in [-0.3, -0.25) is 0 Å². The highest BCUT2D eigenvalue weighted by Crippen LogP contribution is 2.18. The van der Waals surface area contributed by atoms with Crippen molar-refractivity contribution in [1.29, 1.82) is 0 Å². The Bertz CT molecular complexity index is 969. The molecule has 0 aliphatic carbocycles. The van der Waals surface area contributed by atoms with Gasteiger partial charge in [-0.1, -0.05) is 48.0 Å². The van der Waals surface area contributed by atoms with Gasteiger partial charge in [0.05, 0.1) is 5.75 Å². The highest BCUT2D eigenvalue weighted by atomic mass is 32.2. The number of rotatable bonds is 9. The molecule has 142 valence electrons. The van der Waals surface area contributed by atoms with Crippen LogP contribution in [0.1, 0.15) is 23.4 Å². The zero-order valence-electron chi connectivity index (χ0n) is 15.3. The van der Waals surface area contributed by atoms with Crippen LogP contribution in [0.3, 0.4) is 0 Å². The number of aromatic nitrogens is 2. The minimum Gasteiger partial charge on any atom is -0.421 e. The van der Waals surface area contributed by atoms with Crippen LogP contribution < -0.4 is 4.72 Å². The van der Waals surface area contributed by atoms with Crippen molar-refractivity contribution in [2.45, 2.75) is 26.2 Å². The van der Waals surface area contributed by atoms with Gasteiger partial charge in [-0.15, -0.1) is 10.2 Å². The van der Waals surface area contributed by atoms with Gasteiger partial charge in [0.2, 0.25) is 21.8 Å². The maximum absolute atomic E-state index is 12.1. The van der Waals surface area contributed by atoms with Gasteiger partial charge in [-0.25, -0.2) is 13.1 Å². The Morgan fingerprint density at radius 3 is 2.59 bits per heavy atom. The fourth-order valence-corrected chi connectivity index (χ4v) is 3.83. The lowest BCUT2D eigenvalue weighted by molar-refractivity contribution is 0.501. The van der Waals surface area contributed by atoms with E-state index in [4.69, 9.17) is 4.42 Å². The van der Waals surface area contributed by atoms with Crippen LogP contribution in [0.15, 0.2) is 59.0 Å². The van der Waals surface area contributed by atoms with E-state index in [2.05, 4.69) is 14.9 Å². The molecule has 0 fully saturated rings. The average Bonchev–Trinajstić information content (AvgIpc) is 3.11. The SMILES string of the molecule is Cc1cccc(-c2nnc(CCNS(=O)(=O)CCCc3ccccc3)o2)c1. The normalized spacial score (nSPS) is 11.6. The van der Waals surface area contributed by atoms with Crippen LogP contribution in [0.4, 0.5) is 0 Å². The smallest absolute Gasteiger partial charge is 0.247 e. The van der Waals surface area contributed by atoms with Gasteiger partial charge in [-0.2, -0.15) is 0 Å². The van der Waals surface area contributed by atoms with Gasteiger partial charge < -0.3 is 4.42 Å². The summed E-state index contributed by atoms with van der Waals surface area (Å²) < 4.78 is 32.4. The summed E-state index contributed by atoms with van der Waals surface area (Å²) in [4.78, 5) is 0. The second-order valence-corrected chi connectivity index (χ2v) is 8.35. The van der Waals surface area contributed by atoms with Gasteiger partial charge in [0.15, 0.2) is 0 Å². The Kier molecular flexibility index (Phi) is 6.36. The van der Waals surface area contributed by atoms with E-state index in [1.54, 1.807) is 0 Å². The Hall–Kier alpha value is -2.51. The standard InChI is InChI=1S/C20H23N3O3S/c1-16-7-5-11-18(15-16)20-23-22-19(26-20)12-13-21-27(24,25)14-6-10-17-8-3-2-4-9-17/h2-5,7-9,11,15,21H,6,10,12-14H2,1H3. The molecule has 0 aliphatic heterocycles. The Balaban J connectivity index is 1.45.